The van der Waals surface area contributed by atoms with Crippen molar-refractivity contribution in [1.82, 2.24) is 21.3 Å². The molecule has 20 nitrogen and oxygen atoms in total. The van der Waals surface area contributed by atoms with E-state index in [0.717, 1.165) is 90.0 Å². The molecule has 1 aliphatic rings. The summed E-state index contributed by atoms with van der Waals surface area (Å²) in [6.45, 7) is 6.70. The number of amides is 4. The highest BCUT2D eigenvalue weighted by Crippen LogP contribution is 2.57. The van der Waals surface area contributed by atoms with E-state index in [-0.39, 0.29) is 79.0 Å². The third kappa shape index (κ3) is 20.1. The number of rotatable bonds is 34. The molecule has 0 fully saturated rings. The molecule has 4 N–H and O–H groups in total. The molecule has 0 aliphatic heterocycles. The van der Waals surface area contributed by atoms with Gasteiger partial charge < -0.3 is 68.6 Å². The summed E-state index contributed by atoms with van der Waals surface area (Å²) in [6, 6.07) is 82.0. The average Bonchev–Trinajstić information content (AvgIpc) is 1.54. The predicted molar refractivity (Wildman–Crippen MR) is 395 cm³/mol. The zero-order chi connectivity index (χ0) is 73.0. The number of alkyl carbamates (subject to hydrolysis) is 4. The summed E-state index contributed by atoms with van der Waals surface area (Å²) in [5.74, 6) is 0.936. The van der Waals surface area contributed by atoms with E-state index in [1.807, 2.05) is 121 Å². The van der Waals surface area contributed by atoms with Crippen molar-refractivity contribution in [3.05, 3.63) is 325 Å². The van der Waals surface area contributed by atoms with Gasteiger partial charge in [-0.05, 0) is 115 Å². The van der Waals surface area contributed by atoms with Crippen LogP contribution < -0.4 is 40.2 Å². The summed E-state index contributed by atoms with van der Waals surface area (Å²) in [7, 11) is 0. The first-order chi connectivity index (χ1) is 51.4. The minimum atomic E-state index is -0.909. The molecule has 11 rings (SSSR count). The van der Waals surface area contributed by atoms with E-state index >= 15 is 0 Å². The fourth-order valence-corrected chi connectivity index (χ4v) is 12.1. The van der Waals surface area contributed by atoms with Gasteiger partial charge >= 0.3 is 36.3 Å². The Morgan fingerprint density at radius 1 is 0.333 bits per heavy atom. The quantitative estimate of drug-likeness (QED) is 0.0127. The van der Waals surface area contributed by atoms with Crippen LogP contribution in [0.5, 0.6) is 23.0 Å². The zero-order valence-corrected chi connectivity index (χ0v) is 57.5. The van der Waals surface area contributed by atoms with Gasteiger partial charge in [0.05, 0.1) is 5.41 Å². The van der Waals surface area contributed by atoms with E-state index in [1.165, 1.54) is 0 Å². The summed E-state index contributed by atoms with van der Waals surface area (Å²) in [6.07, 6.45) is -2.53. The Morgan fingerprint density at radius 2 is 0.714 bits per heavy atom. The molecule has 0 radical (unpaired) electrons. The molecule has 1 aliphatic carbocycles. The maximum Gasteiger partial charge on any atom is 0.407 e. The van der Waals surface area contributed by atoms with Crippen LogP contribution in [0.4, 0.5) is 19.2 Å². The SMILES string of the molecule is C=CC(=O)OCC(COc1ccccc1)OC(=O)NCc1cccc(CNC(=O)OCCOc2ccc(C3(c4ccc(OCCOC(=O)NCc5cccc(CNC(=O)OCC(COc6ccccc6)OC(=O)C=C)c5)c(-c5ccccc5)c4)c4ccccc4-c4ccccc43)cc2-c2ccccc2)c1. The van der Waals surface area contributed by atoms with Crippen LogP contribution in [0.15, 0.2) is 280 Å². The highest BCUT2D eigenvalue weighted by Gasteiger charge is 2.46. The lowest BCUT2D eigenvalue weighted by Crippen LogP contribution is -2.35. The normalized spacial score (nSPS) is 12.0. The summed E-state index contributed by atoms with van der Waals surface area (Å²) in [4.78, 5) is 75.8. The number of hydrogen-bond donors (Lipinski definition) is 4. The number of carbonyl (C=O) groups is 6. The molecule has 10 aromatic rings. The lowest BCUT2D eigenvalue weighted by atomic mass is 9.67. The van der Waals surface area contributed by atoms with Crippen molar-refractivity contribution in [1.29, 1.82) is 0 Å². The lowest BCUT2D eigenvalue weighted by Gasteiger charge is -2.35. The highest BCUT2D eigenvalue weighted by atomic mass is 16.6. The maximum atomic E-state index is 13.2. The number of esters is 2. The van der Waals surface area contributed by atoms with E-state index in [9.17, 15) is 28.8 Å². The Hall–Kier alpha value is -13.1. The van der Waals surface area contributed by atoms with Crippen molar-refractivity contribution in [3.63, 3.8) is 0 Å². The molecular weight excluding hydrogens is 1330 g/mol. The maximum absolute atomic E-state index is 13.2. The Labute approximate surface area is 608 Å². The van der Waals surface area contributed by atoms with Crippen molar-refractivity contribution in [2.75, 3.05) is 52.9 Å². The third-order valence-electron chi connectivity index (χ3n) is 16.9. The number of hydrogen-bond acceptors (Lipinski definition) is 16. The predicted octanol–water partition coefficient (Wildman–Crippen LogP) is 14.8. The first kappa shape index (κ1) is 73.1. The van der Waals surface area contributed by atoms with Gasteiger partial charge in [0.25, 0.3) is 0 Å². The molecule has 0 spiro atoms. The van der Waals surface area contributed by atoms with E-state index in [1.54, 1.807) is 60.7 Å². The van der Waals surface area contributed by atoms with Crippen LogP contribution in [0, 0.1) is 0 Å². The molecule has 0 aromatic heterocycles. The number of ether oxygens (including phenoxy) is 10. The molecular formula is C85H78N4O16. The number of benzene rings is 10. The third-order valence-corrected chi connectivity index (χ3v) is 16.9. The molecule has 0 heterocycles. The van der Waals surface area contributed by atoms with Gasteiger partial charge in [-0.25, -0.2) is 28.8 Å². The van der Waals surface area contributed by atoms with Crippen LogP contribution in [0.2, 0.25) is 0 Å². The van der Waals surface area contributed by atoms with Gasteiger partial charge in [0, 0.05) is 49.5 Å². The van der Waals surface area contributed by atoms with E-state index in [2.05, 4.69) is 107 Å². The minimum Gasteiger partial charge on any atom is -0.490 e. The Kier molecular flexibility index (Phi) is 25.8. The fraction of sp³-hybridized carbons (Fsp3) is 0.176. The second-order valence-corrected chi connectivity index (χ2v) is 24.0. The Bertz CT molecular complexity index is 4570. The van der Waals surface area contributed by atoms with Crippen LogP contribution in [0.3, 0.4) is 0 Å². The standard InChI is InChI=1S/C85H78N4O16/c1-3-79(90)102-57-70(56-101-68-33-15-8-16-34-68)105-84(95)89-54-62-26-22-24-60(48-62)52-87-82(93)99-46-44-97-78-42-40-66(50-74(78)64-29-11-6-12-30-64)85(75-37-19-17-35-71(75)72-36-18-20-38-76(72)85)65-39-41-77(73(49-65)63-27-9-5-10-28-63)96-43-45-98-81(92)86-51-59-23-21-25-61(47-59)53-88-83(94)103-58-69(104-80(91)4-2)55-100-67-31-13-7-14-32-67/h3-42,47-50,69-70H,1-2,43-46,51-58H2,(H,86,92)(H,87,93)(H,88,94)(H,89,95). The van der Waals surface area contributed by atoms with Crippen LogP contribution >= 0.6 is 0 Å². The van der Waals surface area contributed by atoms with Gasteiger partial charge in [0.1, 0.15) is 75.9 Å². The molecule has 0 bridgehead atoms. The van der Waals surface area contributed by atoms with Crippen molar-refractivity contribution in [3.8, 4) is 56.4 Å². The fourth-order valence-electron chi connectivity index (χ4n) is 12.1. The number of carbonyl (C=O) groups excluding carboxylic acids is 6. The molecule has 534 valence electrons. The average molecular weight is 1410 g/mol. The number of fused-ring (bicyclic) bond motifs is 3. The van der Waals surface area contributed by atoms with Gasteiger partial charge in [-0.3, -0.25) is 0 Å². The van der Waals surface area contributed by atoms with Crippen molar-refractivity contribution >= 4 is 36.3 Å². The van der Waals surface area contributed by atoms with Gasteiger partial charge in [0.15, 0.2) is 12.2 Å². The monoisotopic (exact) mass is 1410 g/mol. The van der Waals surface area contributed by atoms with Gasteiger partial charge in [0.2, 0.25) is 0 Å². The lowest BCUT2D eigenvalue weighted by molar-refractivity contribution is -0.146. The number of nitrogens with one attached hydrogen (secondary N) is 4. The Balaban J connectivity index is 0.718. The molecule has 20 heteroatoms. The molecule has 2 atom stereocenters. The molecule has 0 saturated carbocycles. The van der Waals surface area contributed by atoms with Gasteiger partial charge in [-0.2, -0.15) is 0 Å². The first-order valence-electron chi connectivity index (χ1n) is 34.1. The topological polar surface area (TPSA) is 243 Å². The summed E-state index contributed by atoms with van der Waals surface area (Å²) < 4.78 is 57.1. The summed E-state index contributed by atoms with van der Waals surface area (Å²) >= 11 is 0. The van der Waals surface area contributed by atoms with Crippen LogP contribution in [-0.2, 0) is 69.6 Å². The van der Waals surface area contributed by atoms with Gasteiger partial charge in [-0.15, -0.1) is 0 Å². The van der Waals surface area contributed by atoms with E-state index < -0.39 is 53.9 Å². The molecule has 0 saturated heterocycles. The Morgan fingerprint density at radius 3 is 1.15 bits per heavy atom. The van der Waals surface area contributed by atoms with E-state index in [4.69, 9.17) is 47.4 Å². The molecule has 2 unspecified atom stereocenters. The first-order valence-corrected chi connectivity index (χ1v) is 34.1. The van der Waals surface area contributed by atoms with Crippen LogP contribution in [-0.4, -0.2) is 101 Å². The van der Waals surface area contributed by atoms with Crippen LogP contribution in [0.1, 0.15) is 44.5 Å². The zero-order valence-electron chi connectivity index (χ0n) is 57.5. The smallest absolute Gasteiger partial charge is 0.407 e. The number of para-hydroxylation sites is 2. The second-order valence-electron chi connectivity index (χ2n) is 24.0. The van der Waals surface area contributed by atoms with E-state index in [0.29, 0.717) is 23.0 Å². The molecule has 105 heavy (non-hydrogen) atoms. The summed E-state index contributed by atoms with van der Waals surface area (Å²) in [5.41, 5.74) is 11.9. The second kappa shape index (κ2) is 37.0. The van der Waals surface area contributed by atoms with Crippen LogP contribution in [0.25, 0.3) is 33.4 Å². The molecule has 4 amide bonds. The summed E-state index contributed by atoms with van der Waals surface area (Å²) in [5, 5.41) is 11.0. The minimum absolute atomic E-state index is 0.0421. The molecule has 10 aromatic carbocycles. The largest absolute Gasteiger partial charge is 0.490 e. The highest BCUT2D eigenvalue weighted by molar-refractivity contribution is 5.88. The van der Waals surface area contributed by atoms with Crippen molar-refractivity contribution < 1.29 is 76.1 Å². The van der Waals surface area contributed by atoms with Crippen molar-refractivity contribution in [2.24, 2.45) is 0 Å². The van der Waals surface area contributed by atoms with Crippen molar-refractivity contribution in [2.45, 2.75) is 43.8 Å². The van der Waals surface area contributed by atoms with Gasteiger partial charge in [-0.1, -0.05) is 219 Å².